The molecule has 4 heteroatoms. The van der Waals surface area contributed by atoms with Gasteiger partial charge in [-0.1, -0.05) is 0 Å². The summed E-state index contributed by atoms with van der Waals surface area (Å²) in [5.41, 5.74) is 2.98. The van der Waals surface area contributed by atoms with Crippen molar-refractivity contribution >= 4 is 5.43 Å². The van der Waals surface area contributed by atoms with E-state index in [1.807, 2.05) is 6.56 Å². The number of hydrogen-bond donors (Lipinski definition) is 0. The molecule has 98 valence electrons. The molecule has 0 heterocycles. The monoisotopic (exact) mass is 376 g/mol. The average Bonchev–Trinajstić information content (AvgIpc) is 2.76. The van der Waals surface area contributed by atoms with Gasteiger partial charge >= 0.3 is 108 Å². The Morgan fingerprint density at radius 3 is 2.11 bits per heavy atom. The summed E-state index contributed by atoms with van der Waals surface area (Å²) < 4.78 is 3.71. The van der Waals surface area contributed by atoms with Gasteiger partial charge in [-0.25, -0.2) is 0 Å². The molecule has 0 radical (unpaired) electrons. The molecular weight excluding hydrogens is 358 g/mol. The minimum atomic E-state index is -1.40. The van der Waals surface area contributed by atoms with E-state index in [4.69, 9.17) is 0 Å². The molecule has 0 saturated heterocycles. The van der Waals surface area contributed by atoms with Gasteiger partial charge in [0.05, 0.1) is 0 Å². The smallest absolute Gasteiger partial charge is 1.00 e. The second-order valence-corrected chi connectivity index (χ2v) is 22.4. The molecule has 0 atom stereocenters. The van der Waals surface area contributed by atoms with Crippen molar-refractivity contribution in [1.29, 1.82) is 0 Å². The van der Waals surface area contributed by atoms with Gasteiger partial charge in [0.25, 0.3) is 0 Å². The summed E-state index contributed by atoms with van der Waals surface area (Å²) in [4.78, 5) is 0. The zero-order chi connectivity index (χ0) is 11.7. The van der Waals surface area contributed by atoms with Gasteiger partial charge in [0.2, 0.25) is 0 Å². The number of rotatable bonds is 2. The second kappa shape index (κ2) is 8.04. The summed E-state index contributed by atoms with van der Waals surface area (Å²) in [6, 6.07) is 0. The molecule has 2 aliphatic carbocycles. The molecule has 0 unspecified atom stereocenters. The van der Waals surface area contributed by atoms with Crippen molar-refractivity contribution in [3.63, 3.8) is 0 Å². The van der Waals surface area contributed by atoms with E-state index in [0.29, 0.717) is 0 Å². The molecule has 0 amide bonds. The Hall–Kier alpha value is 0.640. The third kappa shape index (κ3) is 4.34. The van der Waals surface area contributed by atoms with Crippen LogP contribution in [0.2, 0.25) is 13.1 Å². The zero-order valence-electron chi connectivity index (χ0n) is 11.5. The standard InChI is InChI=1S/2C6H7.C2H6Si.2ClH.Zr/c2*1-6-4-2-3-5-6;1-3-2;;;/h4-5H,2H2,1H3;2,4H,5H2,1H3;1-2H3;2*1H;/q;;;;;+2/p-2. The molecule has 0 nitrogen and oxygen atoms in total. The number of halogens is 2. The largest absolute Gasteiger partial charge is 1.00 e. The molecule has 0 bridgehead atoms. The molecule has 0 aromatic rings. The number of allylic oxidation sites excluding steroid dienone is 8. The number of hydrogen-bond acceptors (Lipinski definition) is 0. The molecular formula is C14H20Cl2SiZr. The molecule has 0 N–H and O–H groups in total. The molecule has 2 aliphatic rings. The maximum atomic E-state index is 2.53. The van der Waals surface area contributed by atoms with Crippen LogP contribution in [0.25, 0.3) is 0 Å². The van der Waals surface area contributed by atoms with E-state index in [9.17, 15) is 0 Å². The van der Waals surface area contributed by atoms with Crippen molar-refractivity contribution in [3.05, 3.63) is 42.0 Å². The van der Waals surface area contributed by atoms with Gasteiger partial charge in [-0.2, -0.15) is 0 Å². The predicted molar refractivity (Wildman–Crippen MR) is 70.4 cm³/mol. The molecule has 0 fully saturated rings. The molecule has 2 rings (SSSR count). The topological polar surface area (TPSA) is 0 Å². The molecule has 18 heavy (non-hydrogen) atoms. The van der Waals surface area contributed by atoms with Crippen LogP contribution in [-0.4, -0.2) is 5.43 Å². The first-order valence-corrected chi connectivity index (χ1v) is 14.6. The van der Waals surface area contributed by atoms with Crippen molar-refractivity contribution in [3.8, 4) is 0 Å². The van der Waals surface area contributed by atoms with Gasteiger partial charge in [-0.05, 0) is 0 Å². The van der Waals surface area contributed by atoms with Gasteiger partial charge in [-0.15, -0.1) is 0 Å². The second-order valence-electron chi connectivity index (χ2n) is 5.08. The van der Waals surface area contributed by atoms with Gasteiger partial charge in [0.15, 0.2) is 0 Å². The van der Waals surface area contributed by atoms with Crippen LogP contribution in [0.5, 0.6) is 0 Å². The summed E-state index contributed by atoms with van der Waals surface area (Å²) in [6.07, 6.45) is 12.3. The van der Waals surface area contributed by atoms with Crippen molar-refractivity contribution < 1.29 is 45.2 Å². The summed E-state index contributed by atoms with van der Waals surface area (Å²) in [7, 11) is 0. The Morgan fingerprint density at radius 1 is 1.06 bits per heavy atom. The van der Waals surface area contributed by atoms with Crippen LogP contribution in [0.4, 0.5) is 0 Å². The van der Waals surface area contributed by atoms with E-state index in [1.165, 1.54) is 18.4 Å². The fourth-order valence-electron chi connectivity index (χ4n) is 2.52. The minimum Gasteiger partial charge on any atom is -1.00 e. The van der Waals surface area contributed by atoms with Crippen LogP contribution >= 0.6 is 0 Å². The van der Waals surface area contributed by atoms with Crippen molar-refractivity contribution in [1.82, 2.24) is 0 Å². The summed E-state index contributed by atoms with van der Waals surface area (Å²) >= 11 is -1.40. The van der Waals surface area contributed by atoms with Crippen molar-refractivity contribution in [2.24, 2.45) is 0 Å². The first-order valence-electron chi connectivity index (χ1n) is 6.00. The van der Waals surface area contributed by atoms with Crippen LogP contribution in [-0.2, 0) is 20.4 Å². The van der Waals surface area contributed by atoms with E-state index in [0.717, 1.165) is 0 Å². The van der Waals surface area contributed by atoms with E-state index in [2.05, 4.69) is 51.2 Å². The van der Waals surface area contributed by atoms with Crippen molar-refractivity contribution in [2.75, 3.05) is 0 Å². The van der Waals surface area contributed by atoms with E-state index >= 15 is 0 Å². The van der Waals surface area contributed by atoms with Gasteiger partial charge in [0, 0.05) is 0 Å². The minimum absolute atomic E-state index is 0. The van der Waals surface area contributed by atoms with Crippen LogP contribution in [0.1, 0.15) is 26.7 Å². The Kier molecular flexibility index (Phi) is 8.33. The molecule has 0 saturated carbocycles. The van der Waals surface area contributed by atoms with E-state index in [-0.39, 0.29) is 30.2 Å². The maximum absolute atomic E-state index is 2.53. The summed E-state index contributed by atoms with van der Waals surface area (Å²) in [5, 5.41) is 0. The van der Waals surface area contributed by atoms with Gasteiger partial charge < -0.3 is 24.8 Å². The first-order chi connectivity index (χ1) is 7.58. The Labute approximate surface area is 131 Å². The quantitative estimate of drug-likeness (QED) is 0.504. The third-order valence-corrected chi connectivity index (χ3v) is 20.3. The van der Waals surface area contributed by atoms with Gasteiger partial charge in [-0.3, -0.25) is 0 Å². The fraction of sp³-hybridized carbons (Fsp3) is 0.429. The third-order valence-electron chi connectivity index (χ3n) is 3.23. The van der Waals surface area contributed by atoms with Crippen molar-refractivity contribution in [2.45, 2.75) is 39.8 Å². The SMILES string of the molecule is CC1=CC[C]([Zr+2]([C]2=CC=C(C)C2)=[Si](C)C)=C1.[Cl-].[Cl-]. The Balaban J connectivity index is 0.00000144. The Morgan fingerprint density at radius 2 is 1.72 bits per heavy atom. The molecule has 0 aliphatic heterocycles. The van der Waals surface area contributed by atoms with Crippen LogP contribution in [0.3, 0.4) is 0 Å². The predicted octanol–water partition coefficient (Wildman–Crippen LogP) is -1.67. The molecule has 0 aromatic carbocycles. The van der Waals surface area contributed by atoms with Gasteiger partial charge in [0.1, 0.15) is 0 Å². The molecule has 0 aromatic heterocycles. The summed E-state index contributed by atoms with van der Waals surface area (Å²) in [5.74, 6) is 0. The summed E-state index contributed by atoms with van der Waals surface area (Å²) in [6.45, 7) is 9.58. The zero-order valence-corrected chi connectivity index (χ0v) is 16.4. The maximum Gasteiger partial charge on any atom is -1.00 e. The van der Waals surface area contributed by atoms with Crippen LogP contribution in [0, 0.1) is 0 Å². The molecule has 0 spiro atoms. The fourth-order valence-corrected chi connectivity index (χ4v) is 19.7. The van der Waals surface area contributed by atoms with E-state index in [1.54, 1.807) is 5.57 Å². The normalized spacial score (nSPS) is 16.4. The van der Waals surface area contributed by atoms with Crippen LogP contribution in [0.15, 0.2) is 42.0 Å². The van der Waals surface area contributed by atoms with E-state index < -0.39 is 20.4 Å². The first kappa shape index (κ1) is 18.6. The Bertz CT molecular complexity index is 478. The van der Waals surface area contributed by atoms with Crippen LogP contribution < -0.4 is 24.8 Å². The average molecular weight is 379 g/mol.